The number of hydrogen-bond donors (Lipinski definition) is 1. The second-order valence-electron chi connectivity index (χ2n) is 5.77. The molecule has 0 aliphatic rings. The second-order valence-corrected chi connectivity index (χ2v) is 6.62. The van der Waals surface area contributed by atoms with Crippen LogP contribution in [0.1, 0.15) is 18.3 Å². The standard InChI is InChI=1S/C21H17BrFN3O2/c1-3-7-28-20-11-16(22)13(9-19(20)27-4-2)8-14(12-24)21-25-17-6-5-15(23)10-18(17)26-21/h3,5-6,8-11H,1,4,7H2,2H3,(H,25,26)/b14-8-. The Bertz CT molecular complexity index is 1100. The number of ether oxygens (including phenoxy) is 2. The zero-order valence-corrected chi connectivity index (χ0v) is 16.7. The van der Waals surface area contributed by atoms with Gasteiger partial charge >= 0.3 is 0 Å². The third kappa shape index (κ3) is 4.24. The molecule has 0 saturated carbocycles. The van der Waals surface area contributed by atoms with Gasteiger partial charge in [0.05, 0.1) is 23.2 Å². The third-order valence-corrected chi connectivity index (χ3v) is 4.53. The molecule has 1 aromatic heterocycles. The van der Waals surface area contributed by atoms with Crippen LogP contribution in [0.5, 0.6) is 11.5 Å². The van der Waals surface area contributed by atoms with E-state index < -0.39 is 0 Å². The lowest BCUT2D eigenvalue weighted by atomic mass is 10.1. The van der Waals surface area contributed by atoms with E-state index in [2.05, 4.69) is 38.5 Å². The van der Waals surface area contributed by atoms with Crippen molar-refractivity contribution >= 4 is 38.6 Å². The molecule has 0 radical (unpaired) electrons. The molecule has 5 nitrogen and oxygen atoms in total. The van der Waals surface area contributed by atoms with E-state index in [9.17, 15) is 9.65 Å². The molecule has 0 aliphatic carbocycles. The van der Waals surface area contributed by atoms with Crippen LogP contribution in [-0.4, -0.2) is 23.2 Å². The summed E-state index contributed by atoms with van der Waals surface area (Å²) in [6, 6.07) is 9.94. The van der Waals surface area contributed by atoms with Gasteiger partial charge in [0.25, 0.3) is 0 Å². The second kappa shape index (κ2) is 8.72. The first-order chi connectivity index (χ1) is 13.5. The molecule has 7 heteroatoms. The molecule has 0 saturated heterocycles. The molecule has 0 spiro atoms. The molecule has 0 atom stereocenters. The summed E-state index contributed by atoms with van der Waals surface area (Å²) >= 11 is 3.50. The Morgan fingerprint density at radius 2 is 2.11 bits per heavy atom. The van der Waals surface area contributed by atoms with Crippen LogP contribution in [-0.2, 0) is 0 Å². The van der Waals surface area contributed by atoms with Crippen LogP contribution in [0.4, 0.5) is 4.39 Å². The minimum absolute atomic E-state index is 0.305. The number of H-pyrrole nitrogens is 1. The van der Waals surface area contributed by atoms with Crippen molar-refractivity contribution in [2.45, 2.75) is 6.92 Å². The van der Waals surface area contributed by atoms with Gasteiger partial charge in [0, 0.05) is 4.47 Å². The number of rotatable bonds is 7. The zero-order chi connectivity index (χ0) is 20.1. The normalized spacial score (nSPS) is 11.3. The predicted octanol–water partition coefficient (Wildman–Crippen LogP) is 5.49. The SMILES string of the molecule is C=CCOc1cc(Br)c(/C=C(/C#N)c2nc3ccc(F)cc3[nH]2)cc1OCC. The first-order valence-electron chi connectivity index (χ1n) is 8.53. The molecule has 1 heterocycles. The van der Waals surface area contributed by atoms with Gasteiger partial charge in [0.2, 0.25) is 0 Å². The van der Waals surface area contributed by atoms with Crippen molar-refractivity contribution < 1.29 is 13.9 Å². The molecule has 0 fully saturated rings. The van der Waals surface area contributed by atoms with Crippen LogP contribution in [0.2, 0.25) is 0 Å². The quantitative estimate of drug-likeness (QED) is 0.388. The van der Waals surface area contributed by atoms with Crippen molar-refractivity contribution in [3.05, 3.63) is 64.7 Å². The summed E-state index contributed by atoms with van der Waals surface area (Å²) in [6.45, 7) is 6.34. The Hall–Kier alpha value is -3.11. The maximum atomic E-state index is 13.4. The summed E-state index contributed by atoms with van der Waals surface area (Å²) in [5.41, 5.74) is 2.13. The van der Waals surface area contributed by atoms with Crippen molar-refractivity contribution in [1.29, 1.82) is 5.26 Å². The van der Waals surface area contributed by atoms with Crippen LogP contribution in [0.15, 0.2) is 47.5 Å². The van der Waals surface area contributed by atoms with Gasteiger partial charge in [-0.05, 0) is 48.9 Å². The Morgan fingerprint density at radius 3 is 2.82 bits per heavy atom. The molecule has 0 unspecified atom stereocenters. The summed E-state index contributed by atoms with van der Waals surface area (Å²) in [6.07, 6.45) is 3.33. The van der Waals surface area contributed by atoms with Crippen molar-refractivity contribution in [3.8, 4) is 17.6 Å². The average Bonchev–Trinajstić information content (AvgIpc) is 3.09. The van der Waals surface area contributed by atoms with E-state index in [-0.39, 0.29) is 5.82 Å². The topological polar surface area (TPSA) is 70.9 Å². The van der Waals surface area contributed by atoms with E-state index >= 15 is 0 Å². The molecular formula is C21H17BrFN3O2. The van der Waals surface area contributed by atoms with Gasteiger partial charge in [-0.15, -0.1) is 0 Å². The molecule has 28 heavy (non-hydrogen) atoms. The highest BCUT2D eigenvalue weighted by Crippen LogP contribution is 2.35. The van der Waals surface area contributed by atoms with Crippen LogP contribution >= 0.6 is 15.9 Å². The van der Waals surface area contributed by atoms with Gasteiger partial charge in [0.15, 0.2) is 11.5 Å². The van der Waals surface area contributed by atoms with Gasteiger partial charge < -0.3 is 14.5 Å². The number of aromatic nitrogens is 2. The lowest BCUT2D eigenvalue weighted by Crippen LogP contribution is -1.99. The smallest absolute Gasteiger partial charge is 0.162 e. The average molecular weight is 442 g/mol. The lowest BCUT2D eigenvalue weighted by Gasteiger charge is -2.13. The van der Waals surface area contributed by atoms with Crippen LogP contribution < -0.4 is 9.47 Å². The number of nitrogens with one attached hydrogen (secondary N) is 1. The number of imidazole rings is 1. The van der Waals surface area contributed by atoms with Crippen molar-refractivity contribution in [2.75, 3.05) is 13.2 Å². The van der Waals surface area contributed by atoms with E-state index in [1.165, 1.54) is 12.1 Å². The molecule has 2 aromatic carbocycles. The summed E-state index contributed by atoms with van der Waals surface area (Å²) in [4.78, 5) is 7.35. The fourth-order valence-corrected chi connectivity index (χ4v) is 3.05. The van der Waals surface area contributed by atoms with E-state index in [1.54, 1.807) is 30.4 Å². The number of benzene rings is 2. The number of nitrogens with zero attached hydrogens (tertiary/aromatic N) is 2. The zero-order valence-electron chi connectivity index (χ0n) is 15.1. The summed E-state index contributed by atoms with van der Waals surface area (Å²) in [5, 5.41) is 9.62. The van der Waals surface area contributed by atoms with E-state index in [1.807, 2.05) is 6.92 Å². The van der Waals surface area contributed by atoms with Gasteiger partial charge in [-0.3, -0.25) is 0 Å². The van der Waals surface area contributed by atoms with Crippen LogP contribution in [0.3, 0.4) is 0 Å². The molecule has 0 aliphatic heterocycles. The summed E-state index contributed by atoms with van der Waals surface area (Å²) in [5.74, 6) is 1.12. The highest BCUT2D eigenvalue weighted by atomic mass is 79.9. The largest absolute Gasteiger partial charge is 0.490 e. The number of halogens is 2. The number of allylic oxidation sites excluding steroid dienone is 1. The van der Waals surface area contributed by atoms with Crippen LogP contribution in [0.25, 0.3) is 22.7 Å². The lowest BCUT2D eigenvalue weighted by molar-refractivity contribution is 0.296. The first kappa shape index (κ1) is 19.6. The molecular weight excluding hydrogens is 425 g/mol. The molecule has 0 amide bonds. The fraction of sp³-hybridized carbons (Fsp3) is 0.143. The Kier molecular flexibility index (Phi) is 6.12. The highest BCUT2D eigenvalue weighted by molar-refractivity contribution is 9.10. The van der Waals surface area contributed by atoms with E-state index in [0.29, 0.717) is 47.1 Å². The Morgan fingerprint density at radius 1 is 1.32 bits per heavy atom. The maximum Gasteiger partial charge on any atom is 0.162 e. The fourth-order valence-electron chi connectivity index (χ4n) is 2.61. The summed E-state index contributed by atoms with van der Waals surface area (Å²) < 4.78 is 25.4. The monoisotopic (exact) mass is 441 g/mol. The molecule has 142 valence electrons. The molecule has 1 N–H and O–H groups in total. The van der Waals surface area contributed by atoms with Gasteiger partial charge in [-0.1, -0.05) is 28.6 Å². The maximum absolute atomic E-state index is 13.4. The Balaban J connectivity index is 2.04. The third-order valence-electron chi connectivity index (χ3n) is 3.84. The van der Waals surface area contributed by atoms with Crippen molar-refractivity contribution in [3.63, 3.8) is 0 Å². The number of hydrogen-bond acceptors (Lipinski definition) is 4. The van der Waals surface area contributed by atoms with Crippen molar-refractivity contribution in [2.24, 2.45) is 0 Å². The first-order valence-corrected chi connectivity index (χ1v) is 9.32. The highest BCUT2D eigenvalue weighted by Gasteiger charge is 2.13. The van der Waals surface area contributed by atoms with E-state index in [4.69, 9.17) is 9.47 Å². The van der Waals surface area contributed by atoms with E-state index in [0.717, 1.165) is 10.0 Å². The predicted molar refractivity (Wildman–Crippen MR) is 111 cm³/mol. The molecule has 3 aromatic rings. The summed E-state index contributed by atoms with van der Waals surface area (Å²) in [7, 11) is 0. The van der Waals surface area contributed by atoms with Gasteiger partial charge in [0.1, 0.15) is 24.3 Å². The minimum Gasteiger partial charge on any atom is -0.490 e. The number of aromatic amines is 1. The van der Waals surface area contributed by atoms with Crippen LogP contribution in [0, 0.1) is 17.1 Å². The molecule has 0 bridgehead atoms. The number of fused-ring (bicyclic) bond motifs is 1. The minimum atomic E-state index is -0.371. The van der Waals surface area contributed by atoms with Gasteiger partial charge in [-0.2, -0.15) is 5.26 Å². The van der Waals surface area contributed by atoms with Gasteiger partial charge in [-0.25, -0.2) is 9.37 Å². The van der Waals surface area contributed by atoms with Crippen molar-refractivity contribution in [1.82, 2.24) is 9.97 Å². The Labute approximate surface area is 170 Å². The molecule has 3 rings (SSSR count). The number of nitriles is 1.